The summed E-state index contributed by atoms with van der Waals surface area (Å²) in [7, 11) is 0. The minimum atomic E-state index is -0.669. The van der Waals surface area contributed by atoms with Crippen molar-refractivity contribution < 1.29 is 9.18 Å². The summed E-state index contributed by atoms with van der Waals surface area (Å²) in [5, 5.41) is 3.48. The zero-order valence-corrected chi connectivity index (χ0v) is 11.7. The number of benzene rings is 1. The van der Waals surface area contributed by atoms with E-state index in [0.29, 0.717) is 11.4 Å². The standard InChI is InChI=1S/C15H14ClFN2O/c1-2-12(10-6-8-11(16)9-7-10)19-15(20)13-4-3-5-14(17)18-13/h3-9,12H,2H2,1H3,(H,19,20). The van der Waals surface area contributed by atoms with E-state index in [9.17, 15) is 9.18 Å². The third-order valence-electron chi connectivity index (χ3n) is 2.93. The van der Waals surface area contributed by atoms with E-state index < -0.39 is 11.9 Å². The Balaban J connectivity index is 2.14. The molecule has 0 aliphatic carbocycles. The summed E-state index contributed by atoms with van der Waals surface area (Å²) >= 11 is 5.84. The van der Waals surface area contributed by atoms with Gasteiger partial charge >= 0.3 is 0 Å². The van der Waals surface area contributed by atoms with Crippen LogP contribution in [-0.4, -0.2) is 10.9 Å². The Morgan fingerprint density at radius 2 is 2.00 bits per heavy atom. The van der Waals surface area contributed by atoms with Gasteiger partial charge < -0.3 is 5.32 Å². The van der Waals surface area contributed by atoms with Crippen molar-refractivity contribution in [3.63, 3.8) is 0 Å². The number of hydrogen-bond acceptors (Lipinski definition) is 2. The Labute approximate surface area is 121 Å². The summed E-state index contributed by atoms with van der Waals surface area (Å²) < 4.78 is 13.0. The second kappa shape index (κ2) is 6.48. The molecule has 1 amide bonds. The van der Waals surface area contributed by atoms with Crippen LogP contribution in [0.25, 0.3) is 0 Å². The van der Waals surface area contributed by atoms with Gasteiger partial charge in [0.15, 0.2) is 0 Å². The van der Waals surface area contributed by atoms with Crippen molar-refractivity contribution in [1.82, 2.24) is 10.3 Å². The summed E-state index contributed by atoms with van der Waals surface area (Å²) in [4.78, 5) is 15.6. The van der Waals surface area contributed by atoms with E-state index in [4.69, 9.17) is 11.6 Å². The predicted molar refractivity (Wildman–Crippen MR) is 76.1 cm³/mol. The second-order valence-corrected chi connectivity index (χ2v) is 4.77. The molecule has 0 aliphatic heterocycles. The van der Waals surface area contributed by atoms with Crippen LogP contribution in [0.2, 0.25) is 5.02 Å². The first-order valence-corrected chi connectivity index (χ1v) is 6.67. The van der Waals surface area contributed by atoms with Crippen LogP contribution in [0.15, 0.2) is 42.5 Å². The highest BCUT2D eigenvalue weighted by atomic mass is 35.5. The van der Waals surface area contributed by atoms with E-state index in [1.54, 1.807) is 12.1 Å². The zero-order valence-electron chi connectivity index (χ0n) is 10.9. The maximum Gasteiger partial charge on any atom is 0.270 e. The normalized spacial score (nSPS) is 11.9. The van der Waals surface area contributed by atoms with Gasteiger partial charge in [0, 0.05) is 5.02 Å². The minimum Gasteiger partial charge on any atom is -0.344 e. The van der Waals surface area contributed by atoms with Gasteiger partial charge in [0.2, 0.25) is 5.95 Å². The van der Waals surface area contributed by atoms with Gasteiger partial charge in [0.25, 0.3) is 5.91 Å². The number of carbonyl (C=O) groups is 1. The smallest absolute Gasteiger partial charge is 0.270 e. The fourth-order valence-electron chi connectivity index (χ4n) is 1.88. The Hall–Kier alpha value is -1.94. The molecule has 0 fully saturated rings. The van der Waals surface area contributed by atoms with Gasteiger partial charge in [0.1, 0.15) is 5.69 Å². The summed E-state index contributed by atoms with van der Waals surface area (Å²) in [6.07, 6.45) is 0.711. The number of aromatic nitrogens is 1. The lowest BCUT2D eigenvalue weighted by Crippen LogP contribution is -2.29. The van der Waals surface area contributed by atoms with Crippen LogP contribution in [0.1, 0.15) is 35.4 Å². The quantitative estimate of drug-likeness (QED) is 0.872. The molecule has 0 spiro atoms. The molecule has 5 heteroatoms. The maximum atomic E-state index is 13.0. The topological polar surface area (TPSA) is 42.0 Å². The number of carbonyl (C=O) groups excluding carboxylic acids is 1. The van der Waals surface area contributed by atoms with Gasteiger partial charge in [-0.1, -0.05) is 36.7 Å². The highest BCUT2D eigenvalue weighted by Crippen LogP contribution is 2.19. The van der Waals surface area contributed by atoms with Crippen LogP contribution in [0.5, 0.6) is 0 Å². The van der Waals surface area contributed by atoms with E-state index in [1.165, 1.54) is 18.2 Å². The van der Waals surface area contributed by atoms with Gasteiger partial charge in [-0.3, -0.25) is 4.79 Å². The van der Waals surface area contributed by atoms with E-state index in [2.05, 4.69) is 10.3 Å². The van der Waals surface area contributed by atoms with Crippen molar-refractivity contribution in [1.29, 1.82) is 0 Å². The number of nitrogens with one attached hydrogen (secondary N) is 1. The molecule has 104 valence electrons. The zero-order chi connectivity index (χ0) is 14.5. The second-order valence-electron chi connectivity index (χ2n) is 4.33. The molecule has 20 heavy (non-hydrogen) atoms. The Bertz CT molecular complexity index is 601. The lowest BCUT2D eigenvalue weighted by Gasteiger charge is -2.17. The molecule has 1 N–H and O–H groups in total. The number of halogens is 2. The number of rotatable bonds is 4. The van der Waals surface area contributed by atoms with E-state index in [-0.39, 0.29) is 11.7 Å². The van der Waals surface area contributed by atoms with E-state index in [0.717, 1.165) is 5.56 Å². The summed E-state index contributed by atoms with van der Waals surface area (Å²) in [5.41, 5.74) is 1.01. The fraction of sp³-hybridized carbons (Fsp3) is 0.200. The number of hydrogen-bond donors (Lipinski definition) is 1. The van der Waals surface area contributed by atoms with Gasteiger partial charge in [-0.25, -0.2) is 4.98 Å². The minimum absolute atomic E-state index is 0.0670. The molecule has 2 aromatic rings. The molecule has 0 radical (unpaired) electrons. The van der Waals surface area contributed by atoms with Crippen LogP contribution >= 0.6 is 11.6 Å². The SMILES string of the molecule is CCC(NC(=O)c1cccc(F)n1)c1ccc(Cl)cc1. The number of amides is 1. The Kier molecular flexibility index (Phi) is 4.69. The highest BCUT2D eigenvalue weighted by molar-refractivity contribution is 6.30. The monoisotopic (exact) mass is 292 g/mol. The average Bonchev–Trinajstić information content (AvgIpc) is 2.45. The first-order chi connectivity index (χ1) is 9.60. The van der Waals surface area contributed by atoms with Gasteiger partial charge in [-0.05, 0) is 36.2 Å². The first-order valence-electron chi connectivity index (χ1n) is 6.29. The molecular formula is C15H14ClFN2O. The van der Waals surface area contributed by atoms with Crippen molar-refractivity contribution in [3.8, 4) is 0 Å². The van der Waals surface area contributed by atoms with Crippen LogP contribution in [0.4, 0.5) is 4.39 Å². The molecule has 2 rings (SSSR count). The lowest BCUT2D eigenvalue weighted by atomic mass is 10.0. The van der Waals surface area contributed by atoms with Crippen molar-refractivity contribution in [2.45, 2.75) is 19.4 Å². The third kappa shape index (κ3) is 3.54. The molecular weight excluding hydrogens is 279 g/mol. The van der Waals surface area contributed by atoms with E-state index >= 15 is 0 Å². The summed E-state index contributed by atoms with van der Waals surface area (Å²) in [5.74, 6) is -1.07. The molecule has 1 atom stereocenters. The molecule has 1 unspecified atom stereocenters. The lowest BCUT2D eigenvalue weighted by molar-refractivity contribution is 0.0929. The van der Waals surface area contributed by atoms with Crippen molar-refractivity contribution >= 4 is 17.5 Å². The number of nitrogens with zero attached hydrogens (tertiary/aromatic N) is 1. The predicted octanol–water partition coefficient (Wildman–Crippen LogP) is 3.76. The number of pyridine rings is 1. The van der Waals surface area contributed by atoms with Gasteiger partial charge in [0.05, 0.1) is 6.04 Å². The van der Waals surface area contributed by atoms with Crippen LogP contribution < -0.4 is 5.32 Å². The third-order valence-corrected chi connectivity index (χ3v) is 3.19. The molecule has 0 aliphatic rings. The fourth-order valence-corrected chi connectivity index (χ4v) is 2.01. The maximum absolute atomic E-state index is 13.0. The largest absolute Gasteiger partial charge is 0.344 e. The van der Waals surface area contributed by atoms with Crippen LogP contribution in [0.3, 0.4) is 0 Å². The molecule has 0 saturated carbocycles. The van der Waals surface area contributed by atoms with E-state index in [1.807, 2.05) is 19.1 Å². The van der Waals surface area contributed by atoms with Gasteiger partial charge in [-0.2, -0.15) is 4.39 Å². The Morgan fingerprint density at radius 1 is 1.30 bits per heavy atom. The summed E-state index contributed by atoms with van der Waals surface area (Å²) in [6.45, 7) is 1.96. The molecule has 1 aromatic heterocycles. The van der Waals surface area contributed by atoms with Gasteiger partial charge in [-0.15, -0.1) is 0 Å². The Morgan fingerprint density at radius 3 is 2.60 bits per heavy atom. The highest BCUT2D eigenvalue weighted by Gasteiger charge is 2.15. The molecule has 3 nitrogen and oxygen atoms in total. The first kappa shape index (κ1) is 14.5. The molecule has 1 aromatic carbocycles. The molecule has 0 bridgehead atoms. The molecule has 1 heterocycles. The van der Waals surface area contributed by atoms with Crippen LogP contribution in [-0.2, 0) is 0 Å². The summed E-state index contributed by atoms with van der Waals surface area (Å²) in [6, 6.07) is 11.2. The van der Waals surface area contributed by atoms with Crippen molar-refractivity contribution in [3.05, 3.63) is 64.7 Å². The van der Waals surface area contributed by atoms with Crippen molar-refractivity contribution in [2.75, 3.05) is 0 Å². The molecule has 0 saturated heterocycles. The van der Waals surface area contributed by atoms with Crippen molar-refractivity contribution in [2.24, 2.45) is 0 Å². The average molecular weight is 293 g/mol. The van der Waals surface area contributed by atoms with Crippen LogP contribution in [0, 0.1) is 5.95 Å².